The Bertz CT molecular complexity index is 265. The van der Waals surface area contributed by atoms with Crippen molar-refractivity contribution in [2.75, 3.05) is 46.8 Å². The van der Waals surface area contributed by atoms with Crippen LogP contribution in [-0.4, -0.2) is 62.6 Å². The summed E-state index contributed by atoms with van der Waals surface area (Å²) in [6.45, 7) is 13.7. The van der Waals surface area contributed by atoms with E-state index in [1.54, 1.807) is 0 Å². The van der Waals surface area contributed by atoms with Gasteiger partial charge in [-0.05, 0) is 45.3 Å². The minimum atomic E-state index is 0. The number of nitrogens with zero attached hydrogens (tertiary/aromatic N) is 3. The van der Waals surface area contributed by atoms with Crippen molar-refractivity contribution in [1.29, 1.82) is 0 Å². The maximum Gasteiger partial charge on any atom is 0.193 e. The summed E-state index contributed by atoms with van der Waals surface area (Å²) < 4.78 is 0. The first kappa shape index (κ1) is 23.0. The Balaban J connectivity index is 0. The largest absolute Gasteiger partial charge is 0.356 e. The van der Waals surface area contributed by atoms with Gasteiger partial charge in [0, 0.05) is 27.2 Å². The lowest BCUT2D eigenvalue weighted by Gasteiger charge is -2.22. The molecular weight excluding hydrogens is 375 g/mol. The highest BCUT2D eigenvalue weighted by Gasteiger charge is 2.04. The number of unbranched alkanes of at least 4 members (excludes halogenated alkanes) is 2. The molecule has 0 aromatic carbocycles. The molecule has 0 saturated carbocycles. The van der Waals surface area contributed by atoms with Gasteiger partial charge in [0.25, 0.3) is 0 Å². The quantitative estimate of drug-likeness (QED) is 0.187. The van der Waals surface area contributed by atoms with Crippen LogP contribution in [0.3, 0.4) is 0 Å². The summed E-state index contributed by atoms with van der Waals surface area (Å²) in [6.07, 6.45) is 6.59. The second-order valence-electron chi connectivity index (χ2n) is 5.06. The van der Waals surface area contributed by atoms with Crippen LogP contribution in [0, 0.1) is 0 Å². The van der Waals surface area contributed by atoms with Crippen molar-refractivity contribution in [3.63, 3.8) is 0 Å². The monoisotopic (exact) mass is 410 g/mol. The molecule has 0 aliphatic heterocycles. The number of rotatable bonds is 11. The smallest absolute Gasteiger partial charge is 0.193 e. The number of nitrogens with one attached hydrogen (secondary N) is 1. The molecule has 0 radical (unpaired) electrons. The van der Waals surface area contributed by atoms with Gasteiger partial charge in [0.15, 0.2) is 5.96 Å². The average Bonchev–Trinajstić information content (AvgIpc) is 2.47. The zero-order valence-electron chi connectivity index (χ0n) is 14.4. The molecule has 0 unspecified atom stereocenters. The third-order valence-electron chi connectivity index (χ3n) is 3.55. The minimum Gasteiger partial charge on any atom is -0.356 e. The maximum atomic E-state index is 4.33. The van der Waals surface area contributed by atoms with E-state index in [1.807, 2.05) is 13.1 Å². The maximum absolute atomic E-state index is 4.33. The van der Waals surface area contributed by atoms with Gasteiger partial charge in [-0.15, -0.1) is 30.6 Å². The summed E-state index contributed by atoms with van der Waals surface area (Å²) in [5.74, 6) is 0.997. The molecule has 0 heterocycles. The molecule has 0 spiro atoms. The van der Waals surface area contributed by atoms with Crippen LogP contribution < -0.4 is 5.32 Å². The van der Waals surface area contributed by atoms with Gasteiger partial charge in [-0.2, -0.15) is 0 Å². The summed E-state index contributed by atoms with van der Waals surface area (Å²) in [5.41, 5.74) is 0. The fraction of sp³-hybridized carbons (Fsp3) is 0.812. The molecule has 0 aromatic rings. The third-order valence-corrected chi connectivity index (χ3v) is 3.55. The highest BCUT2D eigenvalue weighted by atomic mass is 127. The van der Waals surface area contributed by atoms with Gasteiger partial charge >= 0.3 is 0 Å². The van der Waals surface area contributed by atoms with Crippen molar-refractivity contribution in [3.05, 3.63) is 12.7 Å². The summed E-state index contributed by atoms with van der Waals surface area (Å²) in [7, 11) is 3.94. The molecule has 1 N–H and O–H groups in total. The molecule has 0 rings (SSSR count). The molecular formula is C16H35IN4. The number of hydrogen-bond acceptors (Lipinski definition) is 2. The van der Waals surface area contributed by atoms with Crippen molar-refractivity contribution in [2.24, 2.45) is 4.99 Å². The van der Waals surface area contributed by atoms with Crippen LogP contribution in [0.5, 0.6) is 0 Å². The number of aliphatic imine (C=N–C) groups is 1. The van der Waals surface area contributed by atoms with E-state index in [4.69, 9.17) is 0 Å². The van der Waals surface area contributed by atoms with Gasteiger partial charge in [0.2, 0.25) is 0 Å². The van der Waals surface area contributed by atoms with Crippen molar-refractivity contribution in [2.45, 2.75) is 39.5 Å². The van der Waals surface area contributed by atoms with Gasteiger partial charge in [-0.1, -0.05) is 19.9 Å². The van der Waals surface area contributed by atoms with Gasteiger partial charge in [0.05, 0.1) is 0 Å². The van der Waals surface area contributed by atoms with Crippen LogP contribution in [0.1, 0.15) is 39.5 Å². The van der Waals surface area contributed by atoms with E-state index < -0.39 is 0 Å². The van der Waals surface area contributed by atoms with Gasteiger partial charge < -0.3 is 15.1 Å². The summed E-state index contributed by atoms with van der Waals surface area (Å²) in [6, 6.07) is 0. The van der Waals surface area contributed by atoms with Crippen LogP contribution in [0.15, 0.2) is 17.6 Å². The molecule has 0 fully saturated rings. The molecule has 0 bridgehead atoms. The molecule has 0 aromatic heterocycles. The standard InChI is InChI=1S/C16H34N4.HI/c1-6-9-11-14-19(5)16(17-4)18-13-10-12-15-20(7-2)8-3;/h6H,1,7-15H2,2-5H3,(H,17,18);1H. The lowest BCUT2D eigenvalue weighted by molar-refractivity contribution is 0.297. The van der Waals surface area contributed by atoms with Gasteiger partial charge in [-0.25, -0.2) is 0 Å². The first-order chi connectivity index (χ1) is 9.69. The average molecular weight is 410 g/mol. The lowest BCUT2D eigenvalue weighted by Crippen LogP contribution is -2.39. The van der Waals surface area contributed by atoms with Crippen LogP contribution in [0.2, 0.25) is 0 Å². The topological polar surface area (TPSA) is 30.9 Å². The first-order valence-corrected chi connectivity index (χ1v) is 7.94. The van der Waals surface area contributed by atoms with E-state index in [1.165, 1.54) is 19.4 Å². The van der Waals surface area contributed by atoms with Crippen LogP contribution in [-0.2, 0) is 0 Å². The molecule has 0 atom stereocenters. The predicted molar refractivity (Wildman–Crippen MR) is 106 cm³/mol. The Kier molecular flexibility index (Phi) is 17.6. The van der Waals surface area contributed by atoms with Crippen molar-refractivity contribution in [1.82, 2.24) is 15.1 Å². The highest BCUT2D eigenvalue weighted by molar-refractivity contribution is 14.0. The second kappa shape index (κ2) is 16.1. The number of guanidine groups is 1. The third kappa shape index (κ3) is 12.0. The first-order valence-electron chi connectivity index (χ1n) is 7.94. The van der Waals surface area contributed by atoms with Crippen molar-refractivity contribution < 1.29 is 0 Å². The lowest BCUT2D eigenvalue weighted by atomic mass is 10.3. The fourth-order valence-electron chi connectivity index (χ4n) is 2.16. The number of allylic oxidation sites excluding steroid dienone is 1. The van der Waals surface area contributed by atoms with Crippen LogP contribution in [0.25, 0.3) is 0 Å². The molecule has 0 aliphatic rings. The molecule has 21 heavy (non-hydrogen) atoms. The fourth-order valence-corrected chi connectivity index (χ4v) is 2.16. The normalized spacial score (nSPS) is 11.2. The van der Waals surface area contributed by atoms with E-state index in [0.717, 1.165) is 45.0 Å². The Morgan fingerprint density at radius 3 is 2.33 bits per heavy atom. The molecule has 126 valence electrons. The van der Waals surface area contributed by atoms with Crippen molar-refractivity contribution >= 4 is 29.9 Å². The Labute approximate surface area is 149 Å². The SMILES string of the molecule is C=CCCCN(C)C(=NC)NCCCCN(CC)CC.I. The van der Waals surface area contributed by atoms with Crippen LogP contribution in [0.4, 0.5) is 0 Å². The van der Waals surface area contributed by atoms with Crippen molar-refractivity contribution in [3.8, 4) is 0 Å². The van der Waals surface area contributed by atoms with Gasteiger partial charge in [0.1, 0.15) is 0 Å². The summed E-state index contributed by atoms with van der Waals surface area (Å²) in [5, 5.41) is 3.44. The Hall–Kier alpha value is -0.300. The highest BCUT2D eigenvalue weighted by Crippen LogP contribution is 1.96. The second-order valence-corrected chi connectivity index (χ2v) is 5.06. The molecule has 0 amide bonds. The zero-order chi connectivity index (χ0) is 15.2. The van der Waals surface area contributed by atoms with E-state index in [9.17, 15) is 0 Å². The summed E-state index contributed by atoms with van der Waals surface area (Å²) in [4.78, 5) is 8.98. The molecule has 0 aliphatic carbocycles. The van der Waals surface area contributed by atoms with E-state index in [-0.39, 0.29) is 24.0 Å². The zero-order valence-corrected chi connectivity index (χ0v) is 16.7. The van der Waals surface area contributed by atoms with Crippen LogP contribution >= 0.6 is 24.0 Å². The van der Waals surface area contributed by atoms with E-state index >= 15 is 0 Å². The number of hydrogen-bond donors (Lipinski definition) is 1. The predicted octanol–water partition coefficient (Wildman–Crippen LogP) is 3.20. The number of halogens is 1. The van der Waals surface area contributed by atoms with E-state index in [2.05, 4.69) is 47.6 Å². The Morgan fingerprint density at radius 2 is 1.81 bits per heavy atom. The molecule has 5 heteroatoms. The molecule has 4 nitrogen and oxygen atoms in total. The minimum absolute atomic E-state index is 0. The Morgan fingerprint density at radius 1 is 1.14 bits per heavy atom. The van der Waals surface area contributed by atoms with Gasteiger partial charge in [-0.3, -0.25) is 4.99 Å². The van der Waals surface area contributed by atoms with E-state index in [0.29, 0.717) is 0 Å². The molecule has 0 saturated heterocycles. The summed E-state index contributed by atoms with van der Waals surface area (Å²) >= 11 is 0.